The van der Waals surface area contributed by atoms with E-state index in [1.165, 1.54) is 12.5 Å². The van der Waals surface area contributed by atoms with E-state index in [1.54, 1.807) is 11.6 Å². The maximum absolute atomic E-state index is 12.4. The van der Waals surface area contributed by atoms with Crippen LogP contribution in [0.4, 0.5) is 5.82 Å². The van der Waals surface area contributed by atoms with Crippen LogP contribution in [0.5, 0.6) is 0 Å². The van der Waals surface area contributed by atoms with Crippen molar-refractivity contribution >= 4 is 15.8 Å². The molecule has 0 bridgehead atoms. The van der Waals surface area contributed by atoms with Gasteiger partial charge >= 0.3 is 0 Å². The summed E-state index contributed by atoms with van der Waals surface area (Å²) in [6.45, 7) is 3.45. The molecule has 1 N–H and O–H groups in total. The van der Waals surface area contributed by atoms with Gasteiger partial charge in [-0.3, -0.25) is 0 Å². The molecule has 7 nitrogen and oxygen atoms in total. The summed E-state index contributed by atoms with van der Waals surface area (Å²) in [6, 6.07) is 5.74. The third-order valence-corrected chi connectivity index (χ3v) is 5.30. The molecule has 124 valence electrons. The topological polar surface area (TPSA) is 80.1 Å². The molecule has 0 radical (unpaired) electrons. The lowest BCUT2D eigenvalue weighted by Crippen LogP contribution is -2.48. The summed E-state index contributed by atoms with van der Waals surface area (Å²) in [4.78, 5) is 10.6. The van der Waals surface area contributed by atoms with Crippen molar-refractivity contribution in [1.82, 2.24) is 19.3 Å². The van der Waals surface area contributed by atoms with Crippen molar-refractivity contribution in [3.05, 3.63) is 36.4 Å². The van der Waals surface area contributed by atoms with Gasteiger partial charge in [-0.25, -0.2) is 23.1 Å². The Morgan fingerprint density at radius 1 is 1.35 bits per heavy atom. The van der Waals surface area contributed by atoms with Gasteiger partial charge < -0.3 is 9.47 Å². The van der Waals surface area contributed by atoms with E-state index in [9.17, 15) is 8.42 Å². The van der Waals surface area contributed by atoms with E-state index in [4.69, 9.17) is 0 Å². The Morgan fingerprint density at radius 3 is 2.87 bits per heavy atom. The van der Waals surface area contributed by atoms with Gasteiger partial charge in [0.2, 0.25) is 0 Å². The van der Waals surface area contributed by atoms with E-state index in [2.05, 4.69) is 19.6 Å². The zero-order valence-electron chi connectivity index (χ0n) is 13.3. The molecular weight excluding hydrogens is 314 g/mol. The van der Waals surface area contributed by atoms with E-state index in [1.807, 2.05) is 25.1 Å². The van der Waals surface area contributed by atoms with Gasteiger partial charge in [-0.1, -0.05) is 6.07 Å². The summed E-state index contributed by atoms with van der Waals surface area (Å²) in [7, 11) is -1.83. The molecule has 0 aromatic carbocycles. The molecule has 0 amide bonds. The van der Waals surface area contributed by atoms with Crippen molar-refractivity contribution in [1.29, 1.82) is 0 Å². The number of sulfonamides is 1. The second-order valence-electron chi connectivity index (χ2n) is 5.92. The Hall–Kier alpha value is -1.93. The van der Waals surface area contributed by atoms with Gasteiger partial charge in [0, 0.05) is 38.1 Å². The number of aromatic nitrogens is 3. The number of nitrogens with one attached hydrogen (secondary N) is 1. The maximum Gasteiger partial charge on any atom is 0.259 e. The van der Waals surface area contributed by atoms with Gasteiger partial charge in [0.05, 0.1) is 6.33 Å². The van der Waals surface area contributed by atoms with Crippen LogP contribution < -0.4 is 9.62 Å². The van der Waals surface area contributed by atoms with Crippen molar-refractivity contribution in [2.75, 3.05) is 18.0 Å². The van der Waals surface area contributed by atoms with Gasteiger partial charge in [-0.05, 0) is 31.9 Å². The van der Waals surface area contributed by atoms with Crippen LogP contribution in [-0.2, 0) is 17.1 Å². The highest BCUT2D eigenvalue weighted by Crippen LogP contribution is 2.19. The number of rotatable bonds is 4. The first-order valence-electron chi connectivity index (χ1n) is 7.63. The number of hydrogen-bond acceptors (Lipinski definition) is 5. The molecule has 23 heavy (non-hydrogen) atoms. The Labute approximate surface area is 136 Å². The van der Waals surface area contributed by atoms with Crippen LogP contribution in [0.15, 0.2) is 35.7 Å². The van der Waals surface area contributed by atoms with Gasteiger partial charge in [0.1, 0.15) is 5.82 Å². The van der Waals surface area contributed by atoms with Crippen molar-refractivity contribution < 1.29 is 8.42 Å². The molecule has 1 unspecified atom stereocenters. The van der Waals surface area contributed by atoms with Crippen LogP contribution in [0.25, 0.3) is 0 Å². The summed E-state index contributed by atoms with van der Waals surface area (Å²) in [5.74, 6) is 0.895. The van der Waals surface area contributed by atoms with Crippen LogP contribution >= 0.6 is 0 Å². The van der Waals surface area contributed by atoms with Crippen LogP contribution in [0, 0.1) is 6.92 Å². The van der Waals surface area contributed by atoms with E-state index < -0.39 is 10.0 Å². The average molecular weight is 335 g/mol. The predicted molar refractivity (Wildman–Crippen MR) is 87.7 cm³/mol. The van der Waals surface area contributed by atoms with Gasteiger partial charge in [0.25, 0.3) is 10.0 Å². The standard InChI is InChI=1S/C15H21N5O2S/c1-12-5-3-7-14(17-12)20-8-4-6-13(9-20)18-23(21,22)15-10-19(2)11-16-15/h3,5,7,10-11,13,18H,4,6,8-9H2,1-2H3. The Morgan fingerprint density at radius 2 is 2.17 bits per heavy atom. The van der Waals surface area contributed by atoms with Crippen molar-refractivity contribution in [3.63, 3.8) is 0 Å². The fourth-order valence-corrected chi connectivity index (χ4v) is 4.04. The predicted octanol–water partition coefficient (Wildman–Crippen LogP) is 1.07. The number of pyridine rings is 1. The smallest absolute Gasteiger partial charge is 0.259 e. The first kappa shape index (κ1) is 15.9. The number of anilines is 1. The lowest BCUT2D eigenvalue weighted by Gasteiger charge is -2.33. The quantitative estimate of drug-likeness (QED) is 0.904. The number of hydrogen-bond donors (Lipinski definition) is 1. The highest BCUT2D eigenvalue weighted by atomic mass is 32.2. The van der Waals surface area contributed by atoms with E-state index in [-0.39, 0.29) is 11.1 Å². The number of aryl methyl sites for hydroxylation is 2. The second-order valence-corrected chi connectivity index (χ2v) is 7.58. The fraction of sp³-hybridized carbons (Fsp3) is 0.467. The molecule has 3 rings (SSSR count). The molecule has 0 aliphatic carbocycles. The third kappa shape index (κ3) is 3.70. The summed E-state index contributed by atoms with van der Waals surface area (Å²) in [5.41, 5.74) is 0.957. The minimum atomic E-state index is -3.58. The van der Waals surface area contributed by atoms with Crippen molar-refractivity contribution in [3.8, 4) is 0 Å². The molecular formula is C15H21N5O2S. The second kappa shape index (κ2) is 6.29. The molecule has 8 heteroatoms. The normalized spacial score (nSPS) is 19.0. The number of piperidine rings is 1. The van der Waals surface area contributed by atoms with Crippen LogP contribution in [0.1, 0.15) is 18.5 Å². The lowest BCUT2D eigenvalue weighted by molar-refractivity contribution is 0.463. The number of imidazole rings is 1. The summed E-state index contributed by atoms with van der Waals surface area (Å²) < 4.78 is 29.2. The van der Waals surface area contributed by atoms with E-state index in [0.29, 0.717) is 6.54 Å². The molecule has 1 aliphatic rings. The van der Waals surface area contributed by atoms with Gasteiger partial charge in [-0.2, -0.15) is 0 Å². The summed E-state index contributed by atoms with van der Waals surface area (Å²) in [5, 5.41) is 0.0609. The van der Waals surface area contributed by atoms with Crippen molar-refractivity contribution in [2.45, 2.75) is 30.8 Å². The molecule has 2 aromatic heterocycles. The van der Waals surface area contributed by atoms with E-state index >= 15 is 0 Å². The molecule has 3 heterocycles. The minimum absolute atomic E-state index is 0.0609. The molecule has 1 saturated heterocycles. The average Bonchev–Trinajstić information content (AvgIpc) is 2.95. The SMILES string of the molecule is Cc1cccc(N2CCCC(NS(=O)(=O)c3cn(C)cn3)C2)n1. The van der Waals surface area contributed by atoms with Crippen LogP contribution in [-0.4, -0.2) is 42.1 Å². The van der Waals surface area contributed by atoms with E-state index in [0.717, 1.165) is 30.9 Å². The molecule has 1 atom stereocenters. The Balaban J connectivity index is 1.72. The summed E-state index contributed by atoms with van der Waals surface area (Å²) >= 11 is 0. The number of nitrogens with zero attached hydrogens (tertiary/aromatic N) is 4. The Bertz CT molecular complexity index is 787. The first-order chi connectivity index (χ1) is 10.9. The molecule has 0 saturated carbocycles. The zero-order valence-corrected chi connectivity index (χ0v) is 14.1. The van der Waals surface area contributed by atoms with Gasteiger partial charge in [-0.15, -0.1) is 0 Å². The first-order valence-corrected chi connectivity index (χ1v) is 9.11. The van der Waals surface area contributed by atoms with Gasteiger partial charge in [0.15, 0.2) is 5.03 Å². The fourth-order valence-electron chi connectivity index (χ4n) is 2.79. The molecule has 2 aromatic rings. The zero-order chi connectivity index (χ0) is 16.4. The van der Waals surface area contributed by atoms with Crippen LogP contribution in [0.3, 0.4) is 0 Å². The maximum atomic E-state index is 12.4. The third-order valence-electron chi connectivity index (χ3n) is 3.90. The van der Waals surface area contributed by atoms with Crippen molar-refractivity contribution in [2.24, 2.45) is 7.05 Å². The largest absolute Gasteiger partial charge is 0.355 e. The summed E-state index contributed by atoms with van der Waals surface area (Å²) in [6.07, 6.45) is 4.73. The minimum Gasteiger partial charge on any atom is -0.355 e. The lowest BCUT2D eigenvalue weighted by atomic mass is 10.1. The molecule has 0 spiro atoms. The monoisotopic (exact) mass is 335 g/mol. The Kier molecular flexibility index (Phi) is 4.36. The molecule has 1 aliphatic heterocycles. The highest BCUT2D eigenvalue weighted by Gasteiger charge is 2.27. The highest BCUT2D eigenvalue weighted by molar-refractivity contribution is 7.89. The molecule has 1 fully saturated rings. The van der Waals surface area contributed by atoms with Crippen LogP contribution in [0.2, 0.25) is 0 Å².